The maximum absolute atomic E-state index is 13.8. The number of benzene rings is 1. The Balaban J connectivity index is 1.54. The van der Waals surface area contributed by atoms with E-state index in [1.807, 2.05) is 26.1 Å². The minimum absolute atomic E-state index is 0.00287. The molecule has 9 heteroatoms. The van der Waals surface area contributed by atoms with E-state index in [9.17, 15) is 9.59 Å². The van der Waals surface area contributed by atoms with Crippen LogP contribution in [0.1, 0.15) is 31.2 Å². The molecular weight excluding hydrogens is 416 g/mol. The number of ether oxygens (including phenoxy) is 5. The number of carbonyl (C=O) groups is 2. The molecule has 1 amide bonds. The van der Waals surface area contributed by atoms with E-state index in [0.29, 0.717) is 23.6 Å². The Morgan fingerprint density at radius 2 is 2.00 bits per heavy atom. The molecular formula is C23H26N2O7. The van der Waals surface area contributed by atoms with E-state index < -0.39 is 17.6 Å². The number of rotatable bonds is 2. The third-order valence-electron chi connectivity index (χ3n) is 8.68. The molecule has 1 saturated carbocycles. The van der Waals surface area contributed by atoms with Crippen LogP contribution in [0, 0.1) is 11.8 Å². The molecule has 0 radical (unpaired) electrons. The summed E-state index contributed by atoms with van der Waals surface area (Å²) < 4.78 is 30.4. The second-order valence-electron chi connectivity index (χ2n) is 9.78. The molecule has 2 spiro atoms. The number of Topliss-reactive ketones (excluding diaryl/α,β-unsaturated/α-hetero) is 1. The first kappa shape index (κ1) is 19.3. The third-order valence-corrected chi connectivity index (χ3v) is 8.68. The summed E-state index contributed by atoms with van der Waals surface area (Å²) in [5, 5.41) is 0. The van der Waals surface area contributed by atoms with Crippen LogP contribution in [0.15, 0.2) is 12.1 Å². The van der Waals surface area contributed by atoms with Crippen LogP contribution in [0.5, 0.6) is 11.5 Å². The lowest BCUT2D eigenvalue weighted by atomic mass is 9.52. The van der Waals surface area contributed by atoms with Gasteiger partial charge in [0, 0.05) is 25.5 Å². The molecule has 1 aromatic rings. The first-order valence-corrected chi connectivity index (χ1v) is 11.2. The number of hydrogen-bond acceptors (Lipinski definition) is 8. The van der Waals surface area contributed by atoms with Gasteiger partial charge in [0.25, 0.3) is 12.2 Å². The molecule has 6 heterocycles. The highest BCUT2D eigenvalue weighted by Gasteiger charge is 2.87. The van der Waals surface area contributed by atoms with Crippen LogP contribution in [0.4, 0.5) is 5.69 Å². The van der Waals surface area contributed by atoms with Crippen molar-refractivity contribution in [2.24, 2.45) is 11.8 Å². The Kier molecular flexibility index (Phi) is 3.51. The predicted octanol–water partition coefficient (Wildman–Crippen LogP) is 1.24. The van der Waals surface area contributed by atoms with Gasteiger partial charge < -0.3 is 23.7 Å². The summed E-state index contributed by atoms with van der Waals surface area (Å²) in [4.78, 5) is 31.4. The summed E-state index contributed by atoms with van der Waals surface area (Å²) in [7, 11) is 5.04. The molecule has 8 atom stereocenters. The van der Waals surface area contributed by atoms with Crippen LogP contribution < -0.4 is 14.4 Å². The normalized spacial score (nSPS) is 45.4. The van der Waals surface area contributed by atoms with Gasteiger partial charge in [0.05, 0.1) is 24.8 Å². The van der Waals surface area contributed by atoms with Crippen molar-refractivity contribution >= 4 is 17.4 Å². The van der Waals surface area contributed by atoms with E-state index in [0.717, 1.165) is 18.5 Å². The molecule has 8 unspecified atom stereocenters. The first-order chi connectivity index (χ1) is 15.4. The molecule has 0 aromatic heterocycles. The summed E-state index contributed by atoms with van der Waals surface area (Å²) in [6, 6.07) is 3.82. The Morgan fingerprint density at radius 3 is 2.72 bits per heavy atom. The van der Waals surface area contributed by atoms with Crippen molar-refractivity contribution in [2.45, 2.75) is 55.6 Å². The van der Waals surface area contributed by atoms with Gasteiger partial charge in [0.1, 0.15) is 6.23 Å². The SMILES string of the molecule is COc1ccc2c3c1OC(OC)C(=O)N3C13OC(CC4C5C(=O)C41OC5C)N(C)CCC23. The molecule has 4 bridgehead atoms. The second-order valence-corrected chi connectivity index (χ2v) is 9.78. The lowest BCUT2D eigenvalue weighted by Gasteiger charge is -2.62. The highest BCUT2D eigenvalue weighted by molar-refractivity contribution is 6.09. The zero-order valence-electron chi connectivity index (χ0n) is 18.5. The van der Waals surface area contributed by atoms with Gasteiger partial charge in [-0.2, -0.15) is 0 Å². The molecule has 5 fully saturated rings. The topological polar surface area (TPSA) is 86.8 Å². The van der Waals surface area contributed by atoms with Crippen molar-refractivity contribution in [2.75, 3.05) is 32.7 Å². The van der Waals surface area contributed by atoms with E-state index in [-0.39, 0.29) is 41.8 Å². The lowest BCUT2D eigenvalue weighted by molar-refractivity contribution is -0.284. The molecule has 1 aliphatic carbocycles. The number of nitrogens with zero attached hydrogens (tertiary/aromatic N) is 2. The van der Waals surface area contributed by atoms with Crippen LogP contribution in [0.2, 0.25) is 0 Å². The van der Waals surface area contributed by atoms with Crippen molar-refractivity contribution in [3.63, 3.8) is 0 Å². The van der Waals surface area contributed by atoms with Gasteiger partial charge in [-0.15, -0.1) is 0 Å². The second kappa shape index (κ2) is 5.83. The Labute approximate surface area is 185 Å². The third kappa shape index (κ3) is 1.75. The molecule has 32 heavy (non-hydrogen) atoms. The average molecular weight is 442 g/mol. The fraction of sp³-hybridized carbons (Fsp3) is 0.652. The van der Waals surface area contributed by atoms with Gasteiger partial charge in [0.15, 0.2) is 28.6 Å². The van der Waals surface area contributed by atoms with E-state index in [1.54, 1.807) is 12.0 Å². The lowest BCUT2D eigenvalue weighted by Crippen LogP contribution is -2.82. The molecule has 170 valence electrons. The number of amides is 1. The van der Waals surface area contributed by atoms with Gasteiger partial charge in [-0.25, -0.2) is 0 Å². The van der Waals surface area contributed by atoms with Crippen molar-refractivity contribution in [3.8, 4) is 11.5 Å². The number of anilines is 1. The predicted molar refractivity (Wildman–Crippen MR) is 109 cm³/mol. The van der Waals surface area contributed by atoms with Gasteiger partial charge in [0.2, 0.25) is 0 Å². The number of ketones is 1. The van der Waals surface area contributed by atoms with Crippen LogP contribution >= 0.6 is 0 Å². The van der Waals surface area contributed by atoms with Crippen LogP contribution in [0.25, 0.3) is 0 Å². The Hall–Kier alpha value is -2.20. The van der Waals surface area contributed by atoms with E-state index in [1.165, 1.54) is 7.11 Å². The standard InChI is InChI=1S/C23H26N2O7/c1-10-16-13-9-15-24(2)8-7-12-11-5-6-14(28-3)18-17(11)25(20(27)21(29-4)30-18)23(12,32-15)22(13,31-10)19(16)26/h5-6,10,12-13,15-16,21H,7-9H2,1-4H3. The zero-order valence-corrected chi connectivity index (χ0v) is 18.5. The fourth-order valence-electron chi connectivity index (χ4n) is 7.45. The number of hydrogen-bond donors (Lipinski definition) is 0. The minimum atomic E-state index is -1.27. The van der Waals surface area contributed by atoms with Crippen molar-refractivity contribution in [3.05, 3.63) is 17.7 Å². The number of fused-ring (bicyclic) bond motifs is 3. The summed E-state index contributed by atoms with van der Waals surface area (Å²) in [5.74, 6) is 0.234. The molecule has 6 aliphatic heterocycles. The highest BCUT2D eigenvalue weighted by atomic mass is 16.7. The van der Waals surface area contributed by atoms with Gasteiger partial charge >= 0.3 is 0 Å². The molecule has 4 saturated heterocycles. The van der Waals surface area contributed by atoms with Gasteiger partial charge in [-0.3, -0.25) is 19.4 Å². The molecule has 0 N–H and O–H groups in total. The number of methoxy groups -OCH3 is 2. The van der Waals surface area contributed by atoms with E-state index in [4.69, 9.17) is 23.7 Å². The fourth-order valence-corrected chi connectivity index (χ4v) is 7.45. The first-order valence-electron chi connectivity index (χ1n) is 11.2. The number of carbonyl (C=O) groups excluding carboxylic acids is 2. The summed E-state index contributed by atoms with van der Waals surface area (Å²) >= 11 is 0. The maximum atomic E-state index is 13.8. The average Bonchev–Trinajstić information content (AvgIpc) is 3.32. The highest BCUT2D eigenvalue weighted by Crippen LogP contribution is 2.72. The molecule has 9 nitrogen and oxygen atoms in total. The summed E-state index contributed by atoms with van der Waals surface area (Å²) in [6.45, 7) is 2.74. The quantitative estimate of drug-likeness (QED) is 0.676. The van der Waals surface area contributed by atoms with E-state index >= 15 is 0 Å². The van der Waals surface area contributed by atoms with Crippen LogP contribution in [0.3, 0.4) is 0 Å². The van der Waals surface area contributed by atoms with Gasteiger partial charge in [-0.1, -0.05) is 6.07 Å². The summed E-state index contributed by atoms with van der Waals surface area (Å²) in [5.41, 5.74) is -0.916. The summed E-state index contributed by atoms with van der Waals surface area (Å²) in [6.07, 6.45) is -0.144. The van der Waals surface area contributed by atoms with E-state index in [2.05, 4.69) is 4.90 Å². The molecule has 7 aliphatic rings. The minimum Gasteiger partial charge on any atom is -0.493 e. The largest absolute Gasteiger partial charge is 0.493 e. The van der Waals surface area contributed by atoms with Crippen LogP contribution in [-0.2, 0) is 23.8 Å². The van der Waals surface area contributed by atoms with Gasteiger partial charge in [-0.05, 0) is 38.4 Å². The molecule has 1 aromatic carbocycles. The Morgan fingerprint density at radius 1 is 1.19 bits per heavy atom. The monoisotopic (exact) mass is 442 g/mol. The van der Waals surface area contributed by atoms with Crippen molar-refractivity contribution in [1.29, 1.82) is 0 Å². The van der Waals surface area contributed by atoms with Crippen molar-refractivity contribution < 1.29 is 33.3 Å². The zero-order chi connectivity index (χ0) is 22.2. The Bertz CT molecular complexity index is 1080. The molecule has 8 rings (SSSR count). The smallest absolute Gasteiger partial charge is 0.299 e. The van der Waals surface area contributed by atoms with Crippen LogP contribution in [-0.4, -0.2) is 74.4 Å². The van der Waals surface area contributed by atoms with Crippen molar-refractivity contribution in [1.82, 2.24) is 4.90 Å². The maximum Gasteiger partial charge on any atom is 0.299 e.